The molecule has 41 heavy (non-hydrogen) atoms. The highest BCUT2D eigenvalue weighted by molar-refractivity contribution is 5.87. The van der Waals surface area contributed by atoms with Gasteiger partial charge in [0, 0.05) is 12.1 Å². The topological polar surface area (TPSA) is 217 Å². The number of ether oxygens (including phenoxy) is 3. The van der Waals surface area contributed by atoms with Crippen molar-refractivity contribution >= 4 is 24.2 Å². The maximum atomic E-state index is 12.1. The molecule has 0 aliphatic carbocycles. The molecule has 2 heterocycles. The lowest BCUT2D eigenvalue weighted by molar-refractivity contribution is -0.278. The second-order valence-corrected chi connectivity index (χ2v) is 8.94. The molecule has 1 fully saturated rings. The summed E-state index contributed by atoms with van der Waals surface area (Å²) in [4.78, 5) is 24.2. The van der Waals surface area contributed by atoms with Crippen molar-refractivity contribution in [2.24, 2.45) is 0 Å². The molecule has 7 N–H and O–H groups in total. The van der Waals surface area contributed by atoms with Crippen LogP contribution in [-0.4, -0.2) is 79.0 Å². The second kappa shape index (κ2) is 12.6. The third-order valence-corrected chi connectivity index (χ3v) is 5.92. The Bertz CT molecular complexity index is 1510. The van der Waals surface area contributed by atoms with Crippen molar-refractivity contribution in [3.05, 3.63) is 81.9 Å². The second-order valence-electron chi connectivity index (χ2n) is 8.94. The van der Waals surface area contributed by atoms with Crippen LogP contribution in [0.2, 0.25) is 0 Å². The van der Waals surface area contributed by atoms with Crippen LogP contribution in [0, 0.1) is 0 Å². The molecule has 13 heteroatoms. The van der Waals surface area contributed by atoms with E-state index < -0.39 is 48.9 Å². The van der Waals surface area contributed by atoms with Crippen LogP contribution in [0.5, 0.6) is 28.7 Å². The molecule has 0 unspecified atom stereocenters. The Morgan fingerprint density at radius 2 is 1.41 bits per heavy atom. The van der Waals surface area contributed by atoms with E-state index in [4.69, 9.17) is 18.6 Å². The third kappa shape index (κ3) is 7.43. The zero-order valence-electron chi connectivity index (χ0n) is 21.1. The van der Waals surface area contributed by atoms with Gasteiger partial charge in [-0.05, 0) is 47.5 Å². The fourth-order valence-corrected chi connectivity index (χ4v) is 3.75. The van der Waals surface area contributed by atoms with Gasteiger partial charge in [-0.15, -0.1) is 0 Å². The molecule has 0 amide bonds. The number of benzene rings is 2. The third-order valence-electron chi connectivity index (χ3n) is 5.92. The molecule has 5 atom stereocenters. The Kier molecular flexibility index (Phi) is 8.94. The lowest BCUT2D eigenvalue weighted by Crippen LogP contribution is -2.60. The number of aromatic hydroxyl groups is 4. The lowest BCUT2D eigenvalue weighted by atomic mass is 9.99. The van der Waals surface area contributed by atoms with Crippen LogP contribution < -0.4 is 10.4 Å². The van der Waals surface area contributed by atoms with E-state index in [0.717, 1.165) is 12.1 Å². The highest BCUT2D eigenvalue weighted by Crippen LogP contribution is 2.28. The van der Waals surface area contributed by atoms with Gasteiger partial charge in [0.25, 0.3) is 0 Å². The van der Waals surface area contributed by atoms with Crippen molar-refractivity contribution in [2.75, 3.05) is 6.61 Å². The first-order valence-corrected chi connectivity index (χ1v) is 12.1. The van der Waals surface area contributed by atoms with E-state index >= 15 is 0 Å². The number of aliphatic hydroxyl groups is 3. The van der Waals surface area contributed by atoms with Gasteiger partial charge < -0.3 is 54.4 Å². The molecule has 1 aliphatic rings. The summed E-state index contributed by atoms with van der Waals surface area (Å²) in [6.07, 6.45) is -2.87. The minimum absolute atomic E-state index is 0.0187. The molecule has 4 rings (SSSR count). The maximum Gasteiger partial charge on any atom is 0.339 e. The Morgan fingerprint density at radius 3 is 2.05 bits per heavy atom. The Morgan fingerprint density at radius 1 is 0.780 bits per heavy atom. The summed E-state index contributed by atoms with van der Waals surface area (Å²) < 4.78 is 21.2. The Balaban J connectivity index is 1.41. The lowest BCUT2D eigenvalue weighted by Gasteiger charge is -2.39. The zero-order chi connectivity index (χ0) is 29.7. The number of hydrogen-bond donors (Lipinski definition) is 7. The molecular formula is C28H26O13. The molecule has 0 bridgehead atoms. The van der Waals surface area contributed by atoms with E-state index in [0.29, 0.717) is 11.1 Å². The van der Waals surface area contributed by atoms with Gasteiger partial charge >= 0.3 is 11.6 Å². The minimum atomic E-state index is -1.75. The fraction of sp³-hybridized carbons (Fsp3) is 0.214. The van der Waals surface area contributed by atoms with E-state index in [9.17, 15) is 45.3 Å². The predicted molar refractivity (Wildman–Crippen MR) is 141 cm³/mol. The van der Waals surface area contributed by atoms with Crippen molar-refractivity contribution in [3.8, 4) is 28.7 Å². The van der Waals surface area contributed by atoms with Crippen molar-refractivity contribution < 1.29 is 59.2 Å². The first-order valence-electron chi connectivity index (χ1n) is 12.1. The Hall–Kier alpha value is -4.82. The molecule has 3 aromatic rings. The van der Waals surface area contributed by atoms with Gasteiger partial charge in [-0.3, -0.25) is 0 Å². The van der Waals surface area contributed by atoms with Crippen molar-refractivity contribution in [1.29, 1.82) is 0 Å². The number of rotatable bonds is 8. The van der Waals surface area contributed by atoms with Crippen LogP contribution in [0.15, 0.2) is 63.8 Å². The average molecular weight is 571 g/mol. The molecule has 0 saturated carbocycles. The number of aliphatic hydroxyl groups excluding tert-OH is 3. The highest BCUT2D eigenvalue weighted by Gasteiger charge is 2.45. The molecule has 1 aromatic heterocycles. The largest absolute Gasteiger partial charge is 0.504 e. The summed E-state index contributed by atoms with van der Waals surface area (Å²) >= 11 is 0. The summed E-state index contributed by atoms with van der Waals surface area (Å²) in [6, 6.07) is 10.2. The van der Waals surface area contributed by atoms with Gasteiger partial charge in [-0.1, -0.05) is 18.2 Å². The van der Waals surface area contributed by atoms with Gasteiger partial charge in [-0.25, -0.2) is 9.59 Å². The average Bonchev–Trinajstić information content (AvgIpc) is 2.93. The monoisotopic (exact) mass is 570 g/mol. The normalized spacial score (nSPS) is 22.7. The number of carbonyl (C=O) groups is 1. The first kappa shape index (κ1) is 29.2. The number of esters is 1. The van der Waals surface area contributed by atoms with E-state index in [-0.39, 0.29) is 34.5 Å². The maximum absolute atomic E-state index is 12.1. The summed E-state index contributed by atoms with van der Waals surface area (Å²) in [6.45, 7) is -0.542. The summed E-state index contributed by atoms with van der Waals surface area (Å²) in [5.74, 6) is -2.31. The van der Waals surface area contributed by atoms with Crippen molar-refractivity contribution in [2.45, 2.75) is 30.7 Å². The number of phenols is 4. The quantitative estimate of drug-likeness (QED) is 0.115. The standard InChI is InChI=1S/C28H26O13/c29-18-6-2-14(9-20(18)31)1-5-16-11-17(12-24(34)39-16)40-28-27(37)26(36)25(35)22(41-28)13-38-23(33)8-4-15-3-7-19(30)21(32)10-15/h1-12,22,25-32,35-37H,13H2/b5-1+,8-4+/t22-,25-,26+,27-,28-/m1/s1. The minimum Gasteiger partial charge on any atom is -0.504 e. The Labute approximate surface area is 231 Å². The van der Waals surface area contributed by atoms with Crippen LogP contribution in [0.4, 0.5) is 0 Å². The van der Waals surface area contributed by atoms with E-state index in [1.165, 1.54) is 60.7 Å². The van der Waals surface area contributed by atoms with Gasteiger partial charge in [0.2, 0.25) is 6.29 Å². The molecule has 1 saturated heterocycles. The summed E-state index contributed by atoms with van der Waals surface area (Å²) in [5, 5.41) is 68.9. The predicted octanol–water partition coefficient (Wildman–Crippen LogP) is 1.08. The van der Waals surface area contributed by atoms with Crippen LogP contribution >= 0.6 is 0 Å². The molecule has 13 nitrogen and oxygen atoms in total. The van der Waals surface area contributed by atoms with E-state index in [1.807, 2.05) is 0 Å². The molecule has 0 radical (unpaired) electrons. The number of carbonyl (C=O) groups excluding carboxylic acids is 1. The summed E-state index contributed by atoms with van der Waals surface area (Å²) in [5.41, 5.74) is 0.0487. The SMILES string of the molecule is O=C(/C=C/c1ccc(O)c(O)c1)OC[C@H]1O[C@@H](Oc2cc(/C=C/c3ccc(O)c(O)c3)oc(=O)c2)[C@H](O)[C@@H](O)[C@@H]1O. The number of phenolic OH excluding ortho intramolecular Hbond substituents is 4. The van der Waals surface area contributed by atoms with Gasteiger partial charge in [0.1, 0.15) is 42.5 Å². The molecular weight excluding hydrogens is 544 g/mol. The summed E-state index contributed by atoms with van der Waals surface area (Å²) in [7, 11) is 0. The van der Waals surface area contributed by atoms with Gasteiger partial charge in [0.15, 0.2) is 23.0 Å². The van der Waals surface area contributed by atoms with E-state index in [2.05, 4.69) is 0 Å². The van der Waals surface area contributed by atoms with Crippen molar-refractivity contribution in [3.63, 3.8) is 0 Å². The fourth-order valence-electron chi connectivity index (χ4n) is 3.75. The zero-order valence-corrected chi connectivity index (χ0v) is 21.1. The van der Waals surface area contributed by atoms with Crippen LogP contribution in [0.1, 0.15) is 16.9 Å². The van der Waals surface area contributed by atoms with Crippen molar-refractivity contribution in [1.82, 2.24) is 0 Å². The molecule has 1 aliphatic heterocycles. The first-order chi connectivity index (χ1) is 19.5. The van der Waals surface area contributed by atoms with E-state index in [1.54, 1.807) is 0 Å². The molecule has 2 aromatic carbocycles. The highest BCUT2D eigenvalue weighted by atomic mass is 16.7. The molecule has 216 valence electrons. The van der Waals surface area contributed by atoms with Gasteiger partial charge in [0.05, 0.1) is 6.07 Å². The smallest absolute Gasteiger partial charge is 0.339 e. The molecule has 0 spiro atoms. The number of hydrogen-bond acceptors (Lipinski definition) is 13. The van der Waals surface area contributed by atoms with Crippen LogP contribution in [0.25, 0.3) is 18.2 Å². The van der Waals surface area contributed by atoms with Crippen LogP contribution in [0.3, 0.4) is 0 Å². The van der Waals surface area contributed by atoms with Gasteiger partial charge in [-0.2, -0.15) is 0 Å². The van der Waals surface area contributed by atoms with Crippen LogP contribution in [-0.2, 0) is 14.3 Å².